The Morgan fingerprint density at radius 2 is 1.91 bits per heavy atom. The maximum absolute atomic E-state index is 13.0. The van der Waals surface area contributed by atoms with E-state index in [9.17, 15) is 9.59 Å². The topological polar surface area (TPSA) is 98.5 Å². The van der Waals surface area contributed by atoms with Crippen molar-refractivity contribution in [2.24, 2.45) is 0 Å². The lowest BCUT2D eigenvalue weighted by Gasteiger charge is -2.10. The van der Waals surface area contributed by atoms with Crippen LogP contribution in [0.25, 0.3) is 22.4 Å². The van der Waals surface area contributed by atoms with E-state index in [1.165, 1.54) is 15.9 Å². The van der Waals surface area contributed by atoms with E-state index in [2.05, 4.69) is 36.3 Å². The van der Waals surface area contributed by atoms with E-state index in [1.807, 2.05) is 30.3 Å². The van der Waals surface area contributed by atoms with Gasteiger partial charge in [-0.25, -0.2) is 0 Å². The number of hydrogen-bond acceptors (Lipinski definition) is 7. The molecule has 0 fully saturated rings. The summed E-state index contributed by atoms with van der Waals surface area (Å²) in [6.07, 6.45) is 5.01. The third-order valence-corrected chi connectivity index (χ3v) is 6.25. The summed E-state index contributed by atoms with van der Waals surface area (Å²) in [4.78, 5) is 34.2. The van der Waals surface area contributed by atoms with Crippen LogP contribution in [0.4, 0.5) is 5.69 Å². The predicted octanol–water partition coefficient (Wildman–Crippen LogP) is 3.54. The SMILES string of the molecule is O=C(COc1ccc(Br)cc1/C=c1\sc2nc(-c3ccncc3)nn2c1=O)Nc1ccccc1. The van der Waals surface area contributed by atoms with Crippen LogP contribution < -0.4 is 20.1 Å². The molecule has 3 heterocycles. The number of carbonyl (C=O) groups is 1. The van der Waals surface area contributed by atoms with E-state index >= 15 is 0 Å². The lowest BCUT2D eigenvalue weighted by molar-refractivity contribution is -0.118. The minimum Gasteiger partial charge on any atom is -0.483 e. The average Bonchev–Trinajstić information content (AvgIpc) is 3.39. The van der Waals surface area contributed by atoms with Gasteiger partial charge in [-0.2, -0.15) is 9.50 Å². The maximum Gasteiger partial charge on any atom is 0.291 e. The average molecular weight is 534 g/mol. The summed E-state index contributed by atoms with van der Waals surface area (Å²) in [6.45, 7) is -0.174. The fourth-order valence-corrected chi connectivity index (χ4v) is 4.50. The first-order valence-electron chi connectivity index (χ1n) is 10.2. The molecule has 0 saturated carbocycles. The van der Waals surface area contributed by atoms with Crippen molar-refractivity contribution in [2.45, 2.75) is 0 Å². The quantitative estimate of drug-likeness (QED) is 0.358. The molecule has 5 rings (SSSR count). The molecule has 34 heavy (non-hydrogen) atoms. The van der Waals surface area contributed by atoms with E-state index in [1.54, 1.807) is 48.8 Å². The number of anilines is 1. The molecular weight excluding hydrogens is 518 g/mol. The van der Waals surface area contributed by atoms with Gasteiger partial charge < -0.3 is 10.1 Å². The van der Waals surface area contributed by atoms with E-state index in [0.717, 1.165) is 10.0 Å². The molecule has 2 aromatic carbocycles. The van der Waals surface area contributed by atoms with Gasteiger partial charge in [0, 0.05) is 33.7 Å². The number of rotatable bonds is 6. The number of fused-ring (bicyclic) bond motifs is 1. The standard InChI is InChI=1S/C24H16BrN5O3S/c25-17-6-7-19(33-14-21(31)27-18-4-2-1-3-5-18)16(12-17)13-20-23(32)30-24(34-20)28-22(29-30)15-8-10-26-11-9-15/h1-13H,14H2,(H,27,31)/b20-13-. The van der Waals surface area contributed by atoms with Gasteiger partial charge in [0.2, 0.25) is 4.96 Å². The van der Waals surface area contributed by atoms with Crippen molar-refractivity contribution in [3.63, 3.8) is 0 Å². The van der Waals surface area contributed by atoms with E-state index in [4.69, 9.17) is 4.74 Å². The van der Waals surface area contributed by atoms with Crippen LogP contribution in [0.5, 0.6) is 5.75 Å². The molecule has 1 amide bonds. The van der Waals surface area contributed by atoms with Gasteiger partial charge in [-0.1, -0.05) is 45.5 Å². The van der Waals surface area contributed by atoms with Gasteiger partial charge in [-0.15, -0.1) is 5.10 Å². The number of hydrogen-bond donors (Lipinski definition) is 1. The third kappa shape index (κ3) is 4.73. The Labute approximate surface area is 205 Å². The molecule has 0 atom stereocenters. The number of aromatic nitrogens is 4. The van der Waals surface area contributed by atoms with Crippen molar-refractivity contribution < 1.29 is 9.53 Å². The zero-order valence-electron chi connectivity index (χ0n) is 17.5. The number of thiazole rings is 1. The van der Waals surface area contributed by atoms with Crippen LogP contribution in [-0.4, -0.2) is 32.1 Å². The Kier molecular flexibility index (Phi) is 6.15. The van der Waals surface area contributed by atoms with Gasteiger partial charge in [0.15, 0.2) is 12.4 Å². The van der Waals surface area contributed by atoms with Crippen LogP contribution in [0.1, 0.15) is 5.56 Å². The second-order valence-corrected chi connectivity index (χ2v) is 9.09. The maximum atomic E-state index is 13.0. The minimum atomic E-state index is -0.285. The Hall–Kier alpha value is -3.89. The molecule has 3 aromatic heterocycles. The molecular formula is C24H16BrN5O3S. The highest BCUT2D eigenvalue weighted by molar-refractivity contribution is 9.10. The Balaban J connectivity index is 1.41. The third-order valence-electron chi connectivity index (χ3n) is 4.80. The molecule has 10 heteroatoms. The van der Waals surface area contributed by atoms with E-state index < -0.39 is 0 Å². The Morgan fingerprint density at radius 3 is 2.68 bits per heavy atom. The molecule has 0 aliphatic heterocycles. The first-order chi connectivity index (χ1) is 16.6. The van der Waals surface area contributed by atoms with Crippen LogP contribution in [-0.2, 0) is 4.79 Å². The van der Waals surface area contributed by atoms with Crippen LogP contribution in [0.15, 0.2) is 82.3 Å². The smallest absolute Gasteiger partial charge is 0.291 e. The van der Waals surface area contributed by atoms with Gasteiger partial charge in [0.05, 0.1) is 4.53 Å². The largest absolute Gasteiger partial charge is 0.483 e. The van der Waals surface area contributed by atoms with Crippen LogP contribution in [0.2, 0.25) is 0 Å². The Morgan fingerprint density at radius 1 is 1.12 bits per heavy atom. The first-order valence-corrected chi connectivity index (χ1v) is 11.8. The van der Waals surface area contributed by atoms with Gasteiger partial charge in [0.25, 0.3) is 11.5 Å². The highest BCUT2D eigenvalue weighted by atomic mass is 79.9. The molecule has 168 valence electrons. The molecule has 0 aliphatic carbocycles. The number of nitrogens with one attached hydrogen (secondary N) is 1. The zero-order chi connectivity index (χ0) is 23.5. The summed E-state index contributed by atoms with van der Waals surface area (Å²) in [5, 5.41) is 7.13. The molecule has 8 nitrogen and oxygen atoms in total. The van der Waals surface area contributed by atoms with Gasteiger partial charge in [-0.05, 0) is 48.5 Å². The van der Waals surface area contributed by atoms with Crippen LogP contribution in [0, 0.1) is 0 Å². The Bertz CT molecular complexity index is 1590. The van der Waals surface area contributed by atoms with Crippen LogP contribution in [0.3, 0.4) is 0 Å². The zero-order valence-corrected chi connectivity index (χ0v) is 19.9. The molecule has 0 spiro atoms. The molecule has 0 aliphatic rings. The van der Waals surface area contributed by atoms with Crippen molar-refractivity contribution in [1.82, 2.24) is 19.6 Å². The molecule has 1 N–H and O–H groups in total. The van der Waals surface area contributed by atoms with Crippen molar-refractivity contribution in [3.05, 3.63) is 98.0 Å². The van der Waals surface area contributed by atoms with Crippen molar-refractivity contribution >= 4 is 49.9 Å². The second kappa shape index (κ2) is 9.54. The summed E-state index contributed by atoms with van der Waals surface area (Å²) in [6, 6.07) is 18.1. The lowest BCUT2D eigenvalue weighted by Crippen LogP contribution is -2.24. The highest BCUT2D eigenvalue weighted by Gasteiger charge is 2.13. The predicted molar refractivity (Wildman–Crippen MR) is 134 cm³/mol. The van der Waals surface area contributed by atoms with Gasteiger partial charge in [0.1, 0.15) is 5.75 Å². The van der Waals surface area contributed by atoms with Crippen molar-refractivity contribution in [3.8, 4) is 17.1 Å². The molecule has 0 radical (unpaired) electrons. The molecule has 5 aromatic rings. The number of pyridine rings is 1. The summed E-state index contributed by atoms with van der Waals surface area (Å²) < 4.78 is 8.32. The molecule has 0 bridgehead atoms. The number of carbonyl (C=O) groups excluding carboxylic acids is 1. The minimum absolute atomic E-state index is 0.174. The number of halogens is 1. The number of amides is 1. The fraction of sp³-hybridized carbons (Fsp3) is 0.0417. The monoisotopic (exact) mass is 533 g/mol. The van der Waals surface area contributed by atoms with Crippen molar-refractivity contribution in [2.75, 3.05) is 11.9 Å². The highest BCUT2D eigenvalue weighted by Crippen LogP contribution is 2.24. The summed E-state index contributed by atoms with van der Waals surface area (Å²) in [5.41, 5.74) is 1.85. The first kappa shape index (κ1) is 21.9. The number of para-hydroxylation sites is 1. The normalized spacial score (nSPS) is 11.6. The number of nitrogens with zero attached hydrogens (tertiary/aromatic N) is 4. The molecule has 0 unspecified atom stereocenters. The van der Waals surface area contributed by atoms with E-state index in [0.29, 0.717) is 32.3 Å². The summed E-state index contributed by atoms with van der Waals surface area (Å²) in [7, 11) is 0. The summed E-state index contributed by atoms with van der Waals surface area (Å²) in [5.74, 6) is 0.655. The summed E-state index contributed by atoms with van der Waals surface area (Å²) >= 11 is 4.68. The lowest BCUT2D eigenvalue weighted by atomic mass is 10.2. The number of benzene rings is 2. The van der Waals surface area contributed by atoms with E-state index in [-0.39, 0.29) is 18.1 Å². The second-order valence-electron chi connectivity index (χ2n) is 7.17. The number of ether oxygens (including phenoxy) is 1. The van der Waals surface area contributed by atoms with Gasteiger partial charge >= 0.3 is 0 Å². The van der Waals surface area contributed by atoms with Crippen LogP contribution >= 0.6 is 27.3 Å². The van der Waals surface area contributed by atoms with Gasteiger partial charge in [-0.3, -0.25) is 14.6 Å². The molecule has 0 saturated heterocycles. The van der Waals surface area contributed by atoms with Crippen molar-refractivity contribution in [1.29, 1.82) is 0 Å². The fourth-order valence-electron chi connectivity index (χ4n) is 3.22.